The molecular formula is C12H15F2NO3. The molecule has 0 aliphatic rings. The van der Waals surface area contributed by atoms with Crippen molar-refractivity contribution in [3.8, 4) is 5.75 Å². The third kappa shape index (κ3) is 2.76. The highest BCUT2D eigenvalue weighted by atomic mass is 19.1. The molecule has 100 valence electrons. The van der Waals surface area contributed by atoms with Gasteiger partial charge in [-0.05, 0) is 6.07 Å². The molecule has 0 spiro atoms. The van der Waals surface area contributed by atoms with Crippen molar-refractivity contribution in [2.75, 3.05) is 13.7 Å². The van der Waals surface area contributed by atoms with Crippen LogP contribution >= 0.6 is 0 Å². The molecule has 0 saturated carbocycles. The quantitative estimate of drug-likeness (QED) is 0.843. The van der Waals surface area contributed by atoms with E-state index in [-0.39, 0.29) is 24.3 Å². The number of nitrogens with two attached hydrogens (primary N) is 1. The molecule has 1 unspecified atom stereocenters. The van der Waals surface area contributed by atoms with Crippen LogP contribution in [-0.2, 0) is 10.2 Å². The standard InChI is InChI=1S/C12H15F2NO3/c1-12(6-15,5-10(16)17)8-3-7(13)4-9(14)11(8)18-2/h3-4H,5-6,15H2,1-2H3,(H,16,17). The zero-order valence-corrected chi connectivity index (χ0v) is 10.2. The van der Waals surface area contributed by atoms with Crippen LogP contribution in [0.25, 0.3) is 0 Å². The number of hydrogen-bond donors (Lipinski definition) is 2. The molecule has 0 saturated heterocycles. The molecule has 0 aliphatic heterocycles. The number of hydrogen-bond acceptors (Lipinski definition) is 3. The molecule has 0 amide bonds. The summed E-state index contributed by atoms with van der Waals surface area (Å²) in [6, 6.07) is 1.73. The molecule has 1 aromatic rings. The zero-order chi connectivity index (χ0) is 13.9. The number of rotatable bonds is 5. The highest BCUT2D eigenvalue weighted by Gasteiger charge is 2.33. The molecule has 0 bridgehead atoms. The Morgan fingerprint density at radius 2 is 2.11 bits per heavy atom. The smallest absolute Gasteiger partial charge is 0.304 e. The first-order chi connectivity index (χ1) is 8.34. The van der Waals surface area contributed by atoms with Crippen molar-refractivity contribution in [3.63, 3.8) is 0 Å². The van der Waals surface area contributed by atoms with Gasteiger partial charge in [-0.25, -0.2) is 8.78 Å². The van der Waals surface area contributed by atoms with Crippen molar-refractivity contribution in [3.05, 3.63) is 29.3 Å². The number of benzene rings is 1. The van der Waals surface area contributed by atoms with Crippen LogP contribution < -0.4 is 10.5 Å². The van der Waals surface area contributed by atoms with E-state index in [0.29, 0.717) is 6.07 Å². The van der Waals surface area contributed by atoms with Gasteiger partial charge in [-0.3, -0.25) is 4.79 Å². The normalized spacial score (nSPS) is 14.1. The van der Waals surface area contributed by atoms with Crippen LogP contribution in [0.5, 0.6) is 5.75 Å². The van der Waals surface area contributed by atoms with Crippen LogP contribution in [0.2, 0.25) is 0 Å². The van der Waals surface area contributed by atoms with E-state index < -0.39 is 23.0 Å². The summed E-state index contributed by atoms with van der Waals surface area (Å²) in [5.74, 6) is -2.95. The second kappa shape index (κ2) is 5.30. The van der Waals surface area contributed by atoms with Gasteiger partial charge in [0.15, 0.2) is 11.6 Å². The van der Waals surface area contributed by atoms with Gasteiger partial charge in [0.25, 0.3) is 0 Å². The van der Waals surface area contributed by atoms with Gasteiger partial charge >= 0.3 is 5.97 Å². The number of aliphatic carboxylic acids is 1. The first kappa shape index (κ1) is 14.4. The number of halogens is 2. The minimum absolute atomic E-state index is 0.0709. The summed E-state index contributed by atoms with van der Waals surface area (Å²) in [6.45, 7) is 1.45. The van der Waals surface area contributed by atoms with E-state index in [2.05, 4.69) is 0 Å². The van der Waals surface area contributed by atoms with Crippen LogP contribution in [0.4, 0.5) is 8.78 Å². The number of carboxylic acids is 1. The summed E-state index contributed by atoms with van der Waals surface area (Å²) < 4.78 is 31.7. The molecule has 1 rings (SSSR count). The third-order valence-corrected chi connectivity index (χ3v) is 2.85. The van der Waals surface area contributed by atoms with Gasteiger partial charge in [-0.15, -0.1) is 0 Å². The minimum Gasteiger partial charge on any atom is -0.493 e. The Labute approximate surface area is 103 Å². The van der Waals surface area contributed by atoms with Gasteiger partial charge in [0.1, 0.15) is 5.82 Å². The van der Waals surface area contributed by atoms with Crippen LogP contribution in [0.3, 0.4) is 0 Å². The first-order valence-electron chi connectivity index (χ1n) is 5.29. The predicted molar refractivity (Wildman–Crippen MR) is 61.6 cm³/mol. The molecule has 0 aromatic heterocycles. The molecule has 6 heteroatoms. The van der Waals surface area contributed by atoms with Gasteiger partial charge in [-0.2, -0.15) is 0 Å². The van der Waals surface area contributed by atoms with Crippen molar-refractivity contribution in [2.24, 2.45) is 5.73 Å². The third-order valence-electron chi connectivity index (χ3n) is 2.85. The van der Waals surface area contributed by atoms with Crippen LogP contribution in [0.1, 0.15) is 18.9 Å². The predicted octanol–water partition coefficient (Wildman–Crippen LogP) is 1.66. The zero-order valence-electron chi connectivity index (χ0n) is 10.2. The Bertz CT molecular complexity index is 465. The largest absolute Gasteiger partial charge is 0.493 e. The topological polar surface area (TPSA) is 72.5 Å². The molecular weight excluding hydrogens is 244 g/mol. The van der Waals surface area contributed by atoms with Crippen molar-refractivity contribution in [1.29, 1.82) is 0 Å². The van der Waals surface area contributed by atoms with E-state index in [1.807, 2.05) is 0 Å². The molecule has 18 heavy (non-hydrogen) atoms. The maximum Gasteiger partial charge on any atom is 0.304 e. The summed E-state index contributed by atoms with van der Waals surface area (Å²) in [4.78, 5) is 10.8. The lowest BCUT2D eigenvalue weighted by atomic mass is 9.79. The molecule has 0 radical (unpaired) electrons. The molecule has 4 nitrogen and oxygen atoms in total. The lowest BCUT2D eigenvalue weighted by molar-refractivity contribution is -0.138. The lowest BCUT2D eigenvalue weighted by Gasteiger charge is -2.28. The van der Waals surface area contributed by atoms with E-state index in [0.717, 1.165) is 6.07 Å². The maximum atomic E-state index is 13.6. The number of methoxy groups -OCH3 is 1. The maximum absolute atomic E-state index is 13.6. The summed E-state index contributed by atoms with van der Waals surface area (Å²) in [5.41, 5.74) is 4.57. The van der Waals surface area contributed by atoms with E-state index >= 15 is 0 Å². The Morgan fingerprint density at radius 1 is 1.50 bits per heavy atom. The highest BCUT2D eigenvalue weighted by Crippen LogP contribution is 2.36. The van der Waals surface area contributed by atoms with Gasteiger partial charge in [0.05, 0.1) is 13.5 Å². The lowest BCUT2D eigenvalue weighted by Crippen LogP contribution is -2.35. The molecule has 0 heterocycles. The van der Waals surface area contributed by atoms with Crippen molar-refractivity contribution < 1.29 is 23.4 Å². The number of ether oxygens (including phenoxy) is 1. The highest BCUT2D eigenvalue weighted by molar-refractivity contribution is 5.69. The summed E-state index contributed by atoms with van der Waals surface area (Å²) in [7, 11) is 1.23. The molecule has 0 fully saturated rings. The monoisotopic (exact) mass is 259 g/mol. The fraction of sp³-hybridized carbons (Fsp3) is 0.417. The van der Waals surface area contributed by atoms with E-state index in [1.54, 1.807) is 0 Å². The number of carboxylic acid groups (broad SMARTS) is 1. The molecule has 0 aliphatic carbocycles. The summed E-state index contributed by atoms with van der Waals surface area (Å²) in [5, 5.41) is 8.86. The van der Waals surface area contributed by atoms with Crippen molar-refractivity contribution in [1.82, 2.24) is 0 Å². The van der Waals surface area contributed by atoms with Crippen molar-refractivity contribution in [2.45, 2.75) is 18.8 Å². The average Bonchev–Trinajstić information content (AvgIpc) is 2.27. The van der Waals surface area contributed by atoms with E-state index in [9.17, 15) is 13.6 Å². The fourth-order valence-electron chi connectivity index (χ4n) is 1.83. The van der Waals surface area contributed by atoms with Crippen LogP contribution in [0.15, 0.2) is 12.1 Å². The summed E-state index contributed by atoms with van der Waals surface area (Å²) >= 11 is 0. The van der Waals surface area contributed by atoms with Gasteiger partial charge in [0.2, 0.25) is 0 Å². The van der Waals surface area contributed by atoms with E-state index in [4.69, 9.17) is 15.6 Å². The number of carbonyl (C=O) groups is 1. The Morgan fingerprint density at radius 3 is 2.56 bits per heavy atom. The SMILES string of the molecule is COc1c(F)cc(F)cc1C(C)(CN)CC(=O)O. The Kier molecular flexibility index (Phi) is 4.24. The summed E-state index contributed by atoms with van der Waals surface area (Å²) in [6.07, 6.45) is -0.344. The van der Waals surface area contributed by atoms with Gasteiger partial charge < -0.3 is 15.6 Å². The Balaban J connectivity index is 3.40. The molecule has 1 aromatic carbocycles. The molecule has 3 N–H and O–H groups in total. The van der Waals surface area contributed by atoms with Crippen LogP contribution in [0, 0.1) is 11.6 Å². The fourth-order valence-corrected chi connectivity index (χ4v) is 1.83. The second-order valence-electron chi connectivity index (χ2n) is 4.30. The van der Waals surface area contributed by atoms with Gasteiger partial charge in [0, 0.05) is 23.6 Å². The van der Waals surface area contributed by atoms with Crippen LogP contribution in [-0.4, -0.2) is 24.7 Å². The molecule has 1 atom stereocenters. The van der Waals surface area contributed by atoms with Crippen molar-refractivity contribution >= 4 is 5.97 Å². The van der Waals surface area contributed by atoms with Gasteiger partial charge in [-0.1, -0.05) is 6.92 Å². The van der Waals surface area contributed by atoms with E-state index in [1.165, 1.54) is 14.0 Å². The Hall–Kier alpha value is -1.69. The minimum atomic E-state index is -1.10. The first-order valence-corrected chi connectivity index (χ1v) is 5.29. The second-order valence-corrected chi connectivity index (χ2v) is 4.30. The average molecular weight is 259 g/mol.